The van der Waals surface area contributed by atoms with E-state index in [0.717, 1.165) is 58.8 Å². The van der Waals surface area contributed by atoms with E-state index in [9.17, 15) is 5.11 Å². The van der Waals surface area contributed by atoms with Gasteiger partial charge in [0, 0.05) is 29.8 Å². The molecule has 5 nitrogen and oxygen atoms in total. The quantitative estimate of drug-likeness (QED) is 0.678. The highest BCUT2D eigenvalue weighted by Gasteiger charge is 2.72. The molecular formula is C27H26N2O3. The number of aliphatic hydroxyl groups is 1. The van der Waals surface area contributed by atoms with E-state index in [-0.39, 0.29) is 12.1 Å². The highest BCUT2D eigenvalue weighted by atomic mass is 16.5. The molecule has 0 radical (unpaired) electrons. The third-order valence-corrected chi connectivity index (χ3v) is 8.50. The predicted molar refractivity (Wildman–Crippen MR) is 121 cm³/mol. The monoisotopic (exact) mass is 426 g/mol. The summed E-state index contributed by atoms with van der Waals surface area (Å²) in [6.07, 6.45) is 3.90. The standard InChI is InChI=1S/C27H26N2O3/c1-29-11-10-26-22-17-8-9-20(31-2)24(22)32-25(26)23-18(14-27(26,30)21(29)13-17)12-19(15-28-23)16-6-4-3-5-7-16/h3-9,12,15,21,25,30H,10-11,13-14H2,1-2H3/t21-,25+,26+,27-/m1/s1. The summed E-state index contributed by atoms with van der Waals surface area (Å²) in [6.45, 7) is 0.931. The Balaban J connectivity index is 1.49. The van der Waals surface area contributed by atoms with Crippen molar-refractivity contribution in [2.45, 2.75) is 42.4 Å². The van der Waals surface area contributed by atoms with Crippen LogP contribution in [-0.2, 0) is 18.3 Å². The summed E-state index contributed by atoms with van der Waals surface area (Å²) < 4.78 is 12.4. The number of hydrogen-bond acceptors (Lipinski definition) is 5. The molecule has 1 fully saturated rings. The normalized spacial score (nSPS) is 31.5. The lowest BCUT2D eigenvalue weighted by Crippen LogP contribution is -2.74. The molecule has 162 valence electrons. The number of fused-ring (bicyclic) bond motifs is 2. The predicted octanol–water partition coefficient (Wildman–Crippen LogP) is 3.68. The van der Waals surface area contributed by atoms with Gasteiger partial charge in [0.05, 0.1) is 23.8 Å². The number of ether oxygens (including phenoxy) is 2. The lowest BCUT2D eigenvalue weighted by Gasteiger charge is -2.62. The second kappa shape index (κ2) is 6.12. The van der Waals surface area contributed by atoms with Crippen molar-refractivity contribution in [1.82, 2.24) is 9.88 Å². The van der Waals surface area contributed by atoms with E-state index >= 15 is 0 Å². The van der Waals surface area contributed by atoms with E-state index in [1.807, 2.05) is 30.5 Å². The number of benzene rings is 2. The molecule has 2 aromatic carbocycles. The van der Waals surface area contributed by atoms with Crippen LogP contribution in [0, 0.1) is 0 Å². The summed E-state index contributed by atoms with van der Waals surface area (Å²) >= 11 is 0. The fourth-order valence-electron chi connectivity index (χ4n) is 7.05. The Hall–Kier alpha value is -2.89. The van der Waals surface area contributed by atoms with Crippen molar-refractivity contribution in [3.63, 3.8) is 0 Å². The van der Waals surface area contributed by atoms with E-state index < -0.39 is 11.0 Å². The molecule has 3 heterocycles. The van der Waals surface area contributed by atoms with Gasteiger partial charge < -0.3 is 19.5 Å². The molecule has 4 aliphatic rings. The summed E-state index contributed by atoms with van der Waals surface area (Å²) in [5.41, 5.74) is 5.29. The first kappa shape index (κ1) is 18.7. The molecule has 1 saturated heterocycles. The second-order valence-corrected chi connectivity index (χ2v) is 9.79. The molecule has 1 spiro atoms. The topological polar surface area (TPSA) is 54.8 Å². The molecule has 4 atom stereocenters. The first-order chi connectivity index (χ1) is 15.6. The van der Waals surface area contributed by atoms with Crippen molar-refractivity contribution >= 4 is 0 Å². The van der Waals surface area contributed by atoms with Crippen LogP contribution in [0.25, 0.3) is 11.1 Å². The lowest BCUT2D eigenvalue weighted by molar-refractivity contribution is -0.168. The molecule has 1 aromatic heterocycles. The van der Waals surface area contributed by atoms with Crippen LogP contribution in [0.1, 0.15) is 34.9 Å². The number of nitrogens with zero attached hydrogens (tertiary/aromatic N) is 2. The lowest BCUT2D eigenvalue weighted by atomic mass is 9.49. The van der Waals surface area contributed by atoms with E-state index in [1.165, 1.54) is 5.56 Å². The van der Waals surface area contributed by atoms with E-state index in [0.29, 0.717) is 6.42 Å². The zero-order valence-corrected chi connectivity index (χ0v) is 18.3. The Morgan fingerprint density at radius 3 is 2.78 bits per heavy atom. The van der Waals surface area contributed by atoms with Gasteiger partial charge in [0.25, 0.3) is 0 Å². The van der Waals surface area contributed by atoms with E-state index in [2.05, 4.69) is 36.2 Å². The fourth-order valence-corrected chi connectivity index (χ4v) is 7.05. The number of rotatable bonds is 2. The van der Waals surface area contributed by atoms with Gasteiger partial charge in [-0.1, -0.05) is 36.4 Å². The number of likely N-dealkylation sites (tertiary alicyclic amines) is 1. The summed E-state index contributed by atoms with van der Waals surface area (Å²) in [7, 11) is 3.83. The van der Waals surface area contributed by atoms with Crippen molar-refractivity contribution in [3.8, 4) is 22.6 Å². The molecule has 0 unspecified atom stereocenters. The van der Waals surface area contributed by atoms with Gasteiger partial charge in [-0.15, -0.1) is 0 Å². The van der Waals surface area contributed by atoms with Gasteiger partial charge in [0.2, 0.25) is 0 Å². The number of piperidine rings is 1. The van der Waals surface area contributed by atoms with Crippen molar-refractivity contribution < 1.29 is 14.6 Å². The van der Waals surface area contributed by atoms with Gasteiger partial charge >= 0.3 is 0 Å². The Bertz CT molecular complexity index is 1260. The number of pyridine rings is 1. The number of aromatic nitrogens is 1. The zero-order valence-electron chi connectivity index (χ0n) is 18.3. The van der Waals surface area contributed by atoms with E-state index in [4.69, 9.17) is 14.5 Å². The number of hydrogen-bond donors (Lipinski definition) is 1. The Labute approximate surface area is 187 Å². The van der Waals surface area contributed by atoms with E-state index in [1.54, 1.807) is 7.11 Å². The van der Waals surface area contributed by atoms with Crippen molar-refractivity contribution in [3.05, 3.63) is 77.1 Å². The number of likely N-dealkylation sites (N-methyl/N-ethyl adjacent to an activating group) is 1. The van der Waals surface area contributed by atoms with Crippen LogP contribution >= 0.6 is 0 Å². The van der Waals surface area contributed by atoms with Gasteiger partial charge in [-0.25, -0.2) is 0 Å². The molecule has 2 aliphatic heterocycles. The van der Waals surface area contributed by atoms with Crippen LogP contribution in [0.4, 0.5) is 0 Å². The average Bonchev–Trinajstić information content (AvgIpc) is 3.17. The maximum Gasteiger partial charge on any atom is 0.166 e. The minimum Gasteiger partial charge on any atom is -0.493 e. The second-order valence-electron chi connectivity index (χ2n) is 9.79. The highest BCUT2D eigenvalue weighted by molar-refractivity contribution is 5.67. The van der Waals surface area contributed by atoms with Crippen molar-refractivity contribution in [1.29, 1.82) is 0 Å². The first-order valence-electron chi connectivity index (χ1n) is 11.4. The average molecular weight is 427 g/mol. The van der Waals surface area contributed by atoms with Gasteiger partial charge in [-0.2, -0.15) is 0 Å². The molecule has 0 amide bonds. The highest BCUT2D eigenvalue weighted by Crippen LogP contribution is 2.68. The molecule has 3 aromatic rings. The van der Waals surface area contributed by atoms with Crippen LogP contribution in [0.5, 0.6) is 11.5 Å². The van der Waals surface area contributed by atoms with Crippen LogP contribution in [0.15, 0.2) is 54.7 Å². The fraction of sp³-hybridized carbons (Fsp3) is 0.370. The molecule has 0 saturated carbocycles. The Morgan fingerprint density at radius 1 is 1.12 bits per heavy atom. The van der Waals surface area contributed by atoms with Crippen LogP contribution in [0.3, 0.4) is 0 Å². The minimum absolute atomic E-state index is 0.0442. The Kier molecular flexibility index (Phi) is 3.57. The van der Waals surface area contributed by atoms with Crippen LogP contribution in [0.2, 0.25) is 0 Å². The smallest absolute Gasteiger partial charge is 0.166 e. The van der Waals surface area contributed by atoms with Crippen LogP contribution < -0.4 is 9.47 Å². The third kappa shape index (κ3) is 2.04. The summed E-state index contributed by atoms with van der Waals surface area (Å²) in [5.74, 6) is 1.55. The molecule has 32 heavy (non-hydrogen) atoms. The van der Waals surface area contributed by atoms with Crippen LogP contribution in [-0.4, -0.2) is 47.3 Å². The summed E-state index contributed by atoms with van der Waals surface area (Å²) in [5, 5.41) is 12.6. The van der Waals surface area contributed by atoms with Gasteiger partial charge in [-0.3, -0.25) is 4.98 Å². The molecule has 7 rings (SSSR count). The third-order valence-electron chi connectivity index (χ3n) is 8.50. The number of methoxy groups -OCH3 is 1. The van der Waals surface area contributed by atoms with Crippen molar-refractivity contribution in [2.24, 2.45) is 0 Å². The van der Waals surface area contributed by atoms with Crippen molar-refractivity contribution in [2.75, 3.05) is 20.7 Å². The van der Waals surface area contributed by atoms with Gasteiger partial charge in [0.1, 0.15) is 0 Å². The maximum atomic E-state index is 12.6. The molecular weight excluding hydrogens is 400 g/mol. The SMILES string of the molecule is COc1ccc2c3c1O[C@H]1c4ncc(-c5ccccc5)cc4C[C@@]4(O)[C@@H](C2)N(C)CC[C@]314. The molecule has 2 bridgehead atoms. The summed E-state index contributed by atoms with van der Waals surface area (Å²) in [4.78, 5) is 7.31. The van der Waals surface area contributed by atoms with Gasteiger partial charge in [-0.05, 0) is 55.3 Å². The largest absolute Gasteiger partial charge is 0.493 e. The zero-order chi connectivity index (χ0) is 21.7. The summed E-state index contributed by atoms with van der Waals surface area (Å²) in [6, 6.07) is 16.7. The minimum atomic E-state index is -0.917. The first-order valence-corrected chi connectivity index (χ1v) is 11.4. The molecule has 1 N–H and O–H groups in total. The molecule has 2 aliphatic carbocycles. The van der Waals surface area contributed by atoms with Gasteiger partial charge in [0.15, 0.2) is 17.6 Å². The maximum absolute atomic E-state index is 12.6. The Morgan fingerprint density at radius 2 is 1.97 bits per heavy atom. The molecule has 5 heteroatoms.